The van der Waals surface area contributed by atoms with Crippen molar-refractivity contribution in [1.82, 2.24) is 20.9 Å². The molecule has 1 amide bonds. The third kappa shape index (κ3) is 8.18. The number of rotatable bonds is 10. The molecule has 0 unspecified atom stereocenters. The summed E-state index contributed by atoms with van der Waals surface area (Å²) in [7, 11) is 0. The molecule has 0 aromatic heterocycles. The van der Waals surface area contributed by atoms with Crippen molar-refractivity contribution in [2.45, 2.75) is 52.6 Å². The van der Waals surface area contributed by atoms with Gasteiger partial charge in [-0.3, -0.25) is 9.69 Å². The monoisotopic (exact) mass is 421 g/mol. The summed E-state index contributed by atoms with van der Waals surface area (Å²) in [4.78, 5) is 18.7. The number of amides is 1. The largest absolute Gasteiger partial charge is 0.491 e. The van der Waals surface area contributed by atoms with Crippen molar-refractivity contribution in [3.05, 3.63) is 29.6 Å². The van der Waals surface area contributed by atoms with Gasteiger partial charge in [-0.15, -0.1) is 0 Å². The minimum Gasteiger partial charge on any atom is -0.491 e. The van der Waals surface area contributed by atoms with Gasteiger partial charge in [0.05, 0.1) is 19.7 Å². The molecule has 0 spiro atoms. The zero-order valence-electron chi connectivity index (χ0n) is 18.5. The second kappa shape index (κ2) is 13.1. The first-order valence-corrected chi connectivity index (χ1v) is 11.0. The fourth-order valence-corrected chi connectivity index (χ4v) is 3.36. The molecule has 0 aliphatic carbocycles. The molecule has 3 N–H and O–H groups in total. The minimum atomic E-state index is -0.363. The number of likely N-dealkylation sites (tertiary alicyclic amines) is 1. The molecule has 1 aliphatic heterocycles. The fourth-order valence-electron chi connectivity index (χ4n) is 3.36. The van der Waals surface area contributed by atoms with Crippen LogP contribution in [0.2, 0.25) is 0 Å². The van der Waals surface area contributed by atoms with Gasteiger partial charge in [-0.1, -0.05) is 13.0 Å². The van der Waals surface area contributed by atoms with Crippen LogP contribution in [0.15, 0.2) is 23.2 Å². The summed E-state index contributed by atoms with van der Waals surface area (Å²) in [6.07, 6.45) is 2.85. The first kappa shape index (κ1) is 23.9. The smallest absolute Gasteiger partial charge is 0.234 e. The quantitative estimate of drug-likeness (QED) is 0.399. The number of carbonyl (C=O) groups is 1. The van der Waals surface area contributed by atoms with Crippen LogP contribution in [0.1, 0.15) is 45.6 Å². The number of piperidine rings is 1. The molecule has 1 fully saturated rings. The van der Waals surface area contributed by atoms with Gasteiger partial charge in [-0.05, 0) is 50.8 Å². The summed E-state index contributed by atoms with van der Waals surface area (Å²) in [5, 5.41) is 9.66. The van der Waals surface area contributed by atoms with Gasteiger partial charge in [0.1, 0.15) is 0 Å². The molecule has 0 saturated carbocycles. The maximum Gasteiger partial charge on any atom is 0.234 e. The molecule has 1 aromatic carbocycles. The van der Waals surface area contributed by atoms with Crippen LogP contribution in [-0.4, -0.2) is 62.1 Å². The van der Waals surface area contributed by atoms with E-state index in [9.17, 15) is 9.18 Å². The molecule has 1 saturated heterocycles. The number of guanidine groups is 1. The predicted octanol–water partition coefficient (Wildman–Crippen LogP) is 2.27. The summed E-state index contributed by atoms with van der Waals surface area (Å²) in [6, 6.07) is 5.26. The van der Waals surface area contributed by atoms with Crippen LogP contribution in [0.4, 0.5) is 4.39 Å². The van der Waals surface area contributed by atoms with E-state index < -0.39 is 0 Å². The average molecular weight is 422 g/mol. The second-order valence-corrected chi connectivity index (χ2v) is 7.44. The van der Waals surface area contributed by atoms with Crippen molar-refractivity contribution in [1.29, 1.82) is 0 Å². The van der Waals surface area contributed by atoms with E-state index in [0.29, 0.717) is 25.7 Å². The molecule has 0 bridgehead atoms. The van der Waals surface area contributed by atoms with Gasteiger partial charge >= 0.3 is 0 Å². The molecule has 1 aliphatic rings. The Morgan fingerprint density at radius 1 is 1.23 bits per heavy atom. The minimum absolute atomic E-state index is 0.0979. The van der Waals surface area contributed by atoms with Crippen LogP contribution in [0.25, 0.3) is 0 Å². The van der Waals surface area contributed by atoms with Crippen LogP contribution < -0.4 is 20.7 Å². The molecule has 0 radical (unpaired) electrons. The lowest BCUT2D eigenvalue weighted by Gasteiger charge is -2.32. The summed E-state index contributed by atoms with van der Waals surface area (Å²) in [5.74, 6) is 0.731. The molecule has 7 nitrogen and oxygen atoms in total. The molecule has 8 heteroatoms. The van der Waals surface area contributed by atoms with Gasteiger partial charge in [0.15, 0.2) is 17.5 Å². The van der Waals surface area contributed by atoms with Crippen molar-refractivity contribution >= 4 is 11.9 Å². The van der Waals surface area contributed by atoms with E-state index in [1.807, 2.05) is 26.8 Å². The Labute approximate surface area is 179 Å². The van der Waals surface area contributed by atoms with E-state index in [4.69, 9.17) is 4.74 Å². The third-order valence-electron chi connectivity index (χ3n) is 4.93. The molecule has 168 valence electrons. The zero-order valence-corrected chi connectivity index (χ0v) is 18.5. The lowest BCUT2D eigenvalue weighted by Crippen LogP contribution is -2.50. The highest BCUT2D eigenvalue weighted by molar-refractivity contribution is 5.80. The topological polar surface area (TPSA) is 78.0 Å². The van der Waals surface area contributed by atoms with Crippen molar-refractivity contribution in [2.75, 3.05) is 39.3 Å². The van der Waals surface area contributed by atoms with Gasteiger partial charge in [0.2, 0.25) is 5.91 Å². The number of hydrogen-bond donors (Lipinski definition) is 3. The number of benzene rings is 1. The summed E-state index contributed by atoms with van der Waals surface area (Å²) in [5.41, 5.74) is 0.793. The van der Waals surface area contributed by atoms with Crippen LogP contribution >= 0.6 is 0 Å². The number of hydrogen-bond acceptors (Lipinski definition) is 4. The first-order valence-electron chi connectivity index (χ1n) is 11.0. The molecule has 1 heterocycles. The van der Waals surface area contributed by atoms with E-state index >= 15 is 0 Å². The maximum absolute atomic E-state index is 14.0. The highest BCUT2D eigenvalue weighted by Gasteiger charge is 2.21. The molecular weight excluding hydrogens is 385 g/mol. The maximum atomic E-state index is 14.0. The van der Waals surface area contributed by atoms with Crippen LogP contribution in [0.3, 0.4) is 0 Å². The molecule has 1 aromatic rings. The molecular formula is C22H36FN5O2. The summed E-state index contributed by atoms with van der Waals surface area (Å²) in [6.45, 7) is 10.4. The van der Waals surface area contributed by atoms with Gasteiger partial charge in [0.25, 0.3) is 0 Å². The van der Waals surface area contributed by atoms with E-state index in [-0.39, 0.29) is 17.5 Å². The van der Waals surface area contributed by atoms with Crippen molar-refractivity contribution in [2.24, 2.45) is 4.99 Å². The van der Waals surface area contributed by atoms with Crippen molar-refractivity contribution in [3.63, 3.8) is 0 Å². The Kier molecular flexibility index (Phi) is 10.4. The Hall–Kier alpha value is -2.35. The lowest BCUT2D eigenvalue weighted by molar-refractivity contribution is -0.122. The summed E-state index contributed by atoms with van der Waals surface area (Å²) < 4.78 is 19.3. The molecule has 0 atom stereocenters. The molecule has 30 heavy (non-hydrogen) atoms. The van der Waals surface area contributed by atoms with E-state index in [1.165, 1.54) is 6.07 Å². The summed E-state index contributed by atoms with van der Waals surface area (Å²) >= 11 is 0. The van der Waals surface area contributed by atoms with Gasteiger partial charge in [-0.25, -0.2) is 9.38 Å². The van der Waals surface area contributed by atoms with Gasteiger partial charge < -0.3 is 20.7 Å². The predicted molar refractivity (Wildman–Crippen MR) is 118 cm³/mol. The van der Waals surface area contributed by atoms with Crippen LogP contribution in [-0.2, 0) is 11.3 Å². The van der Waals surface area contributed by atoms with E-state index in [2.05, 4.69) is 25.8 Å². The number of nitrogens with one attached hydrogen (secondary N) is 3. The first-order chi connectivity index (χ1) is 14.5. The standard InChI is InChI=1S/C22H36FN5O2/c1-4-11-25-21(29)16-28-12-9-18(10-13-28)27-22(24-5-2)26-15-17-7-8-20(30-6-3)19(23)14-17/h7-8,14,18H,4-6,9-13,15-16H2,1-3H3,(H,25,29)(H2,24,26,27). The fraction of sp³-hybridized carbons (Fsp3) is 0.636. The Morgan fingerprint density at radius 3 is 2.63 bits per heavy atom. The number of nitrogens with zero attached hydrogens (tertiary/aromatic N) is 2. The number of aliphatic imine (C=N–C) groups is 1. The van der Waals surface area contributed by atoms with Crippen LogP contribution in [0, 0.1) is 5.82 Å². The van der Waals surface area contributed by atoms with Crippen LogP contribution in [0.5, 0.6) is 5.75 Å². The van der Waals surface area contributed by atoms with Crippen molar-refractivity contribution < 1.29 is 13.9 Å². The Bertz CT molecular complexity index is 690. The molecule has 2 rings (SSSR count). The highest BCUT2D eigenvalue weighted by Crippen LogP contribution is 2.18. The SMILES string of the molecule is CCCNC(=O)CN1CCC(NC(=NCc2ccc(OCC)c(F)c2)NCC)CC1. The Balaban J connectivity index is 1.84. The average Bonchev–Trinajstić information content (AvgIpc) is 2.74. The van der Waals surface area contributed by atoms with Crippen molar-refractivity contribution in [3.8, 4) is 5.75 Å². The Morgan fingerprint density at radius 2 is 2.00 bits per heavy atom. The normalized spacial score (nSPS) is 15.7. The second-order valence-electron chi connectivity index (χ2n) is 7.44. The number of carbonyl (C=O) groups excluding carboxylic acids is 1. The number of ether oxygens (including phenoxy) is 1. The zero-order chi connectivity index (χ0) is 21.8. The van der Waals surface area contributed by atoms with Gasteiger partial charge in [0, 0.05) is 32.2 Å². The third-order valence-corrected chi connectivity index (χ3v) is 4.93. The van der Waals surface area contributed by atoms with E-state index in [1.54, 1.807) is 6.07 Å². The lowest BCUT2D eigenvalue weighted by atomic mass is 10.1. The highest BCUT2D eigenvalue weighted by atomic mass is 19.1. The van der Waals surface area contributed by atoms with Gasteiger partial charge in [-0.2, -0.15) is 0 Å². The van der Waals surface area contributed by atoms with E-state index in [0.717, 1.165) is 57.0 Å². The number of halogens is 1.